The van der Waals surface area contributed by atoms with Crippen LogP contribution in [0.4, 0.5) is 13.2 Å². The highest BCUT2D eigenvalue weighted by Gasteiger charge is 2.42. The normalized spacial score (nSPS) is 24.8. The highest BCUT2D eigenvalue weighted by atomic mass is 32.2. The molecule has 3 fully saturated rings. The summed E-state index contributed by atoms with van der Waals surface area (Å²) < 4.78 is 67.6. The van der Waals surface area contributed by atoms with E-state index >= 15 is 0 Å². The molecular formula is C25H38F3N5O3S. The average Bonchev–Trinajstić information content (AvgIpc) is 2.89. The van der Waals surface area contributed by atoms with Gasteiger partial charge in [0.1, 0.15) is 0 Å². The molecule has 3 aliphatic heterocycles. The third kappa shape index (κ3) is 6.13. The molecule has 0 aliphatic carbocycles. The van der Waals surface area contributed by atoms with E-state index in [9.17, 15) is 26.4 Å². The summed E-state index contributed by atoms with van der Waals surface area (Å²) in [6.07, 6.45) is -1.18. The Hall–Kier alpha value is -1.73. The van der Waals surface area contributed by atoms with Gasteiger partial charge in [-0.2, -0.15) is 17.5 Å². The van der Waals surface area contributed by atoms with Crippen molar-refractivity contribution in [2.24, 2.45) is 5.73 Å². The van der Waals surface area contributed by atoms with Crippen LogP contribution in [-0.2, 0) is 21.0 Å². The first-order chi connectivity index (χ1) is 17.5. The highest BCUT2D eigenvalue weighted by molar-refractivity contribution is 7.89. The Kier molecular flexibility index (Phi) is 8.54. The van der Waals surface area contributed by atoms with Crippen molar-refractivity contribution >= 4 is 15.9 Å². The Morgan fingerprint density at radius 1 is 1.05 bits per heavy atom. The van der Waals surface area contributed by atoms with Crippen LogP contribution in [0, 0.1) is 0 Å². The highest BCUT2D eigenvalue weighted by Crippen LogP contribution is 2.34. The number of nitrogens with zero attached hydrogens (tertiary/aromatic N) is 4. The van der Waals surface area contributed by atoms with Crippen LogP contribution in [0.3, 0.4) is 0 Å². The first kappa shape index (κ1) is 28.3. The van der Waals surface area contributed by atoms with Gasteiger partial charge < -0.3 is 15.5 Å². The minimum Gasteiger partial charge on any atom is -0.343 e. The van der Waals surface area contributed by atoms with Crippen LogP contribution in [-0.4, -0.2) is 104 Å². The molecule has 0 aromatic heterocycles. The first-order valence-electron chi connectivity index (χ1n) is 13.1. The van der Waals surface area contributed by atoms with Gasteiger partial charge in [0, 0.05) is 70.4 Å². The summed E-state index contributed by atoms with van der Waals surface area (Å²) in [5.41, 5.74) is 5.10. The number of carbonyl (C=O) groups excluding carboxylic acids is 1. The largest absolute Gasteiger partial charge is 0.416 e. The minimum absolute atomic E-state index is 0.0301. The van der Waals surface area contributed by atoms with Crippen molar-refractivity contribution in [2.75, 3.05) is 59.4 Å². The zero-order valence-corrected chi connectivity index (χ0v) is 22.2. The fourth-order valence-electron chi connectivity index (χ4n) is 5.90. The summed E-state index contributed by atoms with van der Waals surface area (Å²) in [6, 6.07) is 3.26. The van der Waals surface area contributed by atoms with Gasteiger partial charge in [-0.15, -0.1) is 0 Å². The van der Waals surface area contributed by atoms with Gasteiger partial charge in [0.05, 0.1) is 10.5 Å². The van der Waals surface area contributed by atoms with Crippen LogP contribution in [0.25, 0.3) is 0 Å². The third-order valence-corrected chi connectivity index (χ3v) is 10.3. The Bertz CT molecular complexity index is 1050. The maximum Gasteiger partial charge on any atom is 0.416 e. The quantitative estimate of drug-likeness (QED) is 0.590. The van der Waals surface area contributed by atoms with Gasteiger partial charge >= 0.3 is 6.18 Å². The second-order valence-corrected chi connectivity index (χ2v) is 12.5. The number of halogens is 3. The van der Waals surface area contributed by atoms with Crippen LogP contribution >= 0.6 is 0 Å². The van der Waals surface area contributed by atoms with E-state index in [2.05, 4.69) is 16.8 Å². The smallest absolute Gasteiger partial charge is 0.343 e. The predicted molar refractivity (Wildman–Crippen MR) is 134 cm³/mol. The topological polar surface area (TPSA) is 90.2 Å². The number of piperazine rings is 1. The van der Waals surface area contributed by atoms with Gasteiger partial charge in [0.25, 0.3) is 0 Å². The number of sulfonamides is 1. The van der Waals surface area contributed by atoms with Crippen molar-refractivity contribution in [2.45, 2.75) is 61.2 Å². The number of amides is 1. The molecule has 0 radical (unpaired) electrons. The Morgan fingerprint density at radius 2 is 1.73 bits per heavy atom. The zero-order chi connectivity index (χ0) is 26.8. The van der Waals surface area contributed by atoms with Crippen LogP contribution < -0.4 is 5.73 Å². The van der Waals surface area contributed by atoms with E-state index < -0.39 is 27.8 Å². The van der Waals surface area contributed by atoms with Crippen molar-refractivity contribution in [3.05, 3.63) is 29.8 Å². The molecule has 0 spiro atoms. The molecule has 12 heteroatoms. The SMILES string of the molecule is CN1CCN(C2(CN)CCN(C(=O)CC3CCCCN3S(=O)(=O)c3cccc(C(F)(F)F)c3)CC2)CC1. The summed E-state index contributed by atoms with van der Waals surface area (Å²) in [6.45, 7) is 5.73. The second-order valence-electron chi connectivity index (χ2n) is 10.6. The number of alkyl halides is 3. The fourth-order valence-corrected chi connectivity index (χ4v) is 7.64. The third-order valence-electron chi connectivity index (χ3n) is 8.35. The number of nitrogens with two attached hydrogens (primary N) is 1. The lowest BCUT2D eigenvalue weighted by molar-refractivity contribution is -0.138. The van der Waals surface area contributed by atoms with E-state index in [0.29, 0.717) is 38.5 Å². The van der Waals surface area contributed by atoms with Gasteiger partial charge in [-0.3, -0.25) is 9.69 Å². The summed E-state index contributed by atoms with van der Waals surface area (Å²) >= 11 is 0. The lowest BCUT2D eigenvalue weighted by Gasteiger charge is -2.51. The van der Waals surface area contributed by atoms with E-state index in [-0.39, 0.29) is 29.3 Å². The second kappa shape index (κ2) is 11.2. The van der Waals surface area contributed by atoms with Gasteiger partial charge in [-0.05, 0) is 50.9 Å². The molecule has 3 heterocycles. The van der Waals surface area contributed by atoms with Crippen LogP contribution in [0.15, 0.2) is 29.2 Å². The molecule has 0 saturated carbocycles. The van der Waals surface area contributed by atoms with Gasteiger partial charge in [0.2, 0.25) is 15.9 Å². The van der Waals surface area contributed by atoms with E-state index in [4.69, 9.17) is 5.73 Å². The predicted octanol–water partition coefficient (Wildman–Crippen LogP) is 2.21. The molecule has 2 N–H and O–H groups in total. The maximum absolute atomic E-state index is 13.4. The molecule has 1 aromatic carbocycles. The van der Waals surface area contributed by atoms with Crippen LogP contribution in [0.1, 0.15) is 44.1 Å². The number of hydrogen-bond donors (Lipinski definition) is 1. The summed E-state index contributed by atoms with van der Waals surface area (Å²) in [5.74, 6) is -0.111. The van der Waals surface area contributed by atoms with Crippen LogP contribution in [0.5, 0.6) is 0 Å². The minimum atomic E-state index is -4.64. The Balaban J connectivity index is 1.42. The Morgan fingerprint density at radius 3 is 2.35 bits per heavy atom. The van der Waals surface area contributed by atoms with Crippen molar-refractivity contribution in [1.82, 2.24) is 19.0 Å². The van der Waals surface area contributed by atoms with E-state index in [1.807, 2.05) is 0 Å². The van der Waals surface area contributed by atoms with Gasteiger partial charge in [-0.25, -0.2) is 8.42 Å². The molecule has 1 aromatic rings. The molecule has 208 valence electrons. The molecule has 1 amide bonds. The molecule has 4 rings (SSSR count). The molecule has 3 aliphatic rings. The van der Waals surface area contributed by atoms with Gasteiger partial charge in [0.15, 0.2) is 0 Å². The molecule has 37 heavy (non-hydrogen) atoms. The molecular weight excluding hydrogens is 507 g/mol. The molecule has 8 nitrogen and oxygen atoms in total. The molecule has 3 saturated heterocycles. The number of likely N-dealkylation sites (tertiary alicyclic amines) is 1. The van der Waals surface area contributed by atoms with Crippen LogP contribution in [0.2, 0.25) is 0 Å². The average molecular weight is 546 g/mol. The maximum atomic E-state index is 13.4. The monoisotopic (exact) mass is 545 g/mol. The number of rotatable bonds is 6. The number of likely N-dealkylation sites (N-methyl/N-ethyl adjacent to an activating group) is 1. The van der Waals surface area contributed by atoms with Crippen molar-refractivity contribution < 1.29 is 26.4 Å². The van der Waals surface area contributed by atoms with Crippen molar-refractivity contribution in [3.63, 3.8) is 0 Å². The van der Waals surface area contributed by atoms with E-state index in [0.717, 1.165) is 57.6 Å². The zero-order valence-electron chi connectivity index (χ0n) is 21.4. The summed E-state index contributed by atoms with van der Waals surface area (Å²) in [4.78, 5) is 19.4. The summed E-state index contributed by atoms with van der Waals surface area (Å²) in [5, 5.41) is 0. The van der Waals surface area contributed by atoms with Gasteiger partial charge in [-0.1, -0.05) is 12.5 Å². The number of piperidine rings is 2. The van der Waals surface area contributed by atoms with E-state index in [1.165, 1.54) is 10.4 Å². The van der Waals surface area contributed by atoms with Crippen molar-refractivity contribution in [1.29, 1.82) is 0 Å². The Labute approximate surface area is 217 Å². The lowest BCUT2D eigenvalue weighted by Crippen LogP contribution is -2.63. The first-order valence-corrected chi connectivity index (χ1v) is 14.5. The molecule has 1 unspecified atom stereocenters. The standard InChI is InChI=1S/C25H38F3N5O3S/c1-30-13-15-32(16-14-30)24(19-29)8-11-31(12-9-24)23(34)18-21-6-2-3-10-33(21)37(35,36)22-7-4-5-20(17-22)25(26,27)28/h4-5,7,17,21H,2-3,6,8-16,18-19,29H2,1H3. The molecule has 0 bridgehead atoms. The number of benzene rings is 1. The molecule has 1 atom stereocenters. The lowest BCUT2D eigenvalue weighted by atomic mass is 9.84. The fraction of sp³-hybridized carbons (Fsp3) is 0.720. The van der Waals surface area contributed by atoms with E-state index in [1.54, 1.807) is 4.90 Å². The number of hydrogen-bond acceptors (Lipinski definition) is 6. The van der Waals surface area contributed by atoms with Crippen molar-refractivity contribution in [3.8, 4) is 0 Å². The summed E-state index contributed by atoms with van der Waals surface area (Å²) in [7, 11) is -2.07. The number of carbonyl (C=O) groups is 1.